The lowest BCUT2D eigenvalue weighted by molar-refractivity contribution is -0.0602. The molecule has 0 amide bonds. The monoisotopic (exact) mass is 1520 g/mol. The summed E-state index contributed by atoms with van der Waals surface area (Å²) >= 11 is 0. The van der Waals surface area contributed by atoms with E-state index in [1.54, 1.807) is 22.3 Å². The number of benzene rings is 10. The standard InChI is InChI=1S/C25H29N.C23H29N.C21H25N.C21H27N.C20H23N/c1-16-7-3-6-10-24(16)26-17(2)22-8-4-5-9-23(22)25(26)20-12-18-11-19(14-20)15-21(25)13-18;1-15-11-10-14-19-20(15)24-16(2)17-12-8-9-13-18(17)23(24,7)22(5,6)21(19,3)4;1-16-10-4-7-13-20(16)22-17(2)18-11-5-6-12-19(18)21(22)14-8-3-9-15-21;1-14(2)17-12-9-10-15(3)20(17)22-16(4)18-11-7-8-13-19(18)21(22,5)6;1-15-9-3-6-12-19(15)21-16(2)17-10-4-5-11-18(17)20(21)13-7-8-14-20/h3-10,17-21H,11-15H2,1-2H3;8-14,16H,1-7H3;4-7,10-13,17H,3,8-9,14-15H2,1-2H3;7-14,16H,1-6H3;3-6,9-12,16H,7-8,13-14H2,1-2H3. The van der Waals surface area contributed by atoms with Crippen LogP contribution in [0.25, 0.3) is 0 Å². The van der Waals surface area contributed by atoms with Crippen LogP contribution >= 0.6 is 0 Å². The van der Waals surface area contributed by atoms with E-state index in [4.69, 9.17) is 0 Å². The van der Waals surface area contributed by atoms with Gasteiger partial charge in [0.25, 0.3) is 0 Å². The number of nitrogens with zero attached hydrogens (tertiary/aromatic N) is 5. The van der Waals surface area contributed by atoms with Crippen molar-refractivity contribution < 1.29 is 0 Å². The van der Waals surface area contributed by atoms with E-state index in [1.165, 1.54) is 191 Å². The third kappa shape index (κ3) is 11.9. The summed E-state index contributed by atoms with van der Waals surface area (Å²) in [6.07, 6.45) is 19.3. The summed E-state index contributed by atoms with van der Waals surface area (Å²) in [7, 11) is 0. The van der Waals surface area contributed by atoms with Crippen molar-refractivity contribution in [3.63, 3.8) is 0 Å². The molecule has 10 aromatic carbocycles. The van der Waals surface area contributed by atoms with Gasteiger partial charge < -0.3 is 24.5 Å². The summed E-state index contributed by atoms with van der Waals surface area (Å²) in [5, 5.41) is 0. The number of hydrogen-bond acceptors (Lipinski definition) is 5. The fourth-order valence-corrected chi connectivity index (χ4v) is 26.9. The summed E-state index contributed by atoms with van der Waals surface area (Å²) in [5.41, 5.74) is 33.4. The normalized spacial score (nSPS) is 27.3. The quantitative estimate of drug-likeness (QED) is 0.170. The smallest absolute Gasteiger partial charge is 0.0720 e. The zero-order chi connectivity index (χ0) is 80.6. The first-order valence-corrected chi connectivity index (χ1v) is 45.0. The summed E-state index contributed by atoms with van der Waals surface area (Å²) in [6.45, 7) is 44.7. The highest BCUT2D eigenvalue weighted by Gasteiger charge is 2.66. The van der Waals surface area contributed by atoms with Gasteiger partial charge in [-0.3, -0.25) is 0 Å². The SMILES string of the molecule is Cc1cccc(C(C)C)c1N1C(C)c2ccccc2C1(C)C.Cc1cccc2c1N1C(C)c3ccccc3C1(C)C(C)(C)C2(C)C.Cc1ccccc1N1C(C)c2ccccc2C12C1CC3CC(C1)CC2C3.Cc1ccccc1N1C(C)c2ccccc2C12CCCC2.Cc1ccccc1N1C(C)c2ccccc2C12CCCCC2. The molecule has 10 aromatic rings. The van der Waals surface area contributed by atoms with Gasteiger partial charge in [0, 0.05) is 33.9 Å². The second kappa shape index (κ2) is 29.7. The van der Waals surface area contributed by atoms with Crippen LogP contribution in [0.2, 0.25) is 0 Å². The fraction of sp³-hybridized carbons (Fsp3) is 0.455. The van der Waals surface area contributed by atoms with Gasteiger partial charge in [0.2, 0.25) is 0 Å². The molecule has 6 heterocycles. The van der Waals surface area contributed by atoms with E-state index in [-0.39, 0.29) is 38.5 Å². The molecule has 6 saturated carbocycles. The maximum absolute atomic E-state index is 2.89. The number of anilines is 5. The molecule has 6 aliphatic carbocycles. The minimum absolute atomic E-state index is 0.00831. The minimum Gasteiger partial charge on any atom is -0.355 e. The van der Waals surface area contributed by atoms with Crippen molar-refractivity contribution in [1.29, 1.82) is 0 Å². The molecule has 0 radical (unpaired) electrons. The van der Waals surface area contributed by atoms with Crippen LogP contribution < -0.4 is 24.5 Å². The van der Waals surface area contributed by atoms with E-state index in [9.17, 15) is 0 Å². The molecule has 12 aliphatic rings. The topological polar surface area (TPSA) is 16.2 Å². The van der Waals surface area contributed by atoms with Crippen LogP contribution in [0.5, 0.6) is 0 Å². The van der Waals surface area contributed by atoms with E-state index in [1.807, 2.05) is 0 Å². The first kappa shape index (κ1) is 78.7. The lowest BCUT2D eigenvalue weighted by atomic mass is 9.47. The van der Waals surface area contributed by atoms with E-state index in [2.05, 4.69) is 387 Å². The van der Waals surface area contributed by atoms with E-state index in [0.717, 1.165) is 23.7 Å². The van der Waals surface area contributed by atoms with Crippen molar-refractivity contribution >= 4 is 28.4 Å². The van der Waals surface area contributed by atoms with Crippen molar-refractivity contribution in [2.24, 2.45) is 29.1 Å². The Labute approximate surface area is 693 Å². The summed E-state index contributed by atoms with van der Waals surface area (Å²) < 4.78 is 0. The van der Waals surface area contributed by atoms with Crippen molar-refractivity contribution in [3.05, 3.63) is 325 Å². The lowest BCUT2D eigenvalue weighted by Crippen LogP contribution is -2.62. The second-order valence-electron chi connectivity index (χ2n) is 39.5. The van der Waals surface area contributed by atoms with Crippen LogP contribution in [0.3, 0.4) is 0 Å². The van der Waals surface area contributed by atoms with Crippen LogP contribution in [0.4, 0.5) is 28.4 Å². The lowest BCUT2D eigenvalue weighted by Gasteiger charge is -2.64. The third-order valence-corrected chi connectivity index (χ3v) is 32.7. The van der Waals surface area contributed by atoms with Gasteiger partial charge in [0.05, 0.1) is 57.9 Å². The Hall–Kier alpha value is -8.80. The predicted molar refractivity (Wildman–Crippen MR) is 487 cm³/mol. The Bertz CT molecular complexity index is 5220. The van der Waals surface area contributed by atoms with Crippen LogP contribution in [0, 0.1) is 63.7 Å². The maximum atomic E-state index is 2.89. The summed E-state index contributed by atoms with van der Waals surface area (Å²) in [4.78, 5) is 13.7. The summed E-state index contributed by atoms with van der Waals surface area (Å²) in [5.74, 6) is 4.21. The van der Waals surface area contributed by atoms with Crippen LogP contribution in [0.15, 0.2) is 231 Å². The molecule has 5 nitrogen and oxygen atoms in total. The van der Waals surface area contributed by atoms with Crippen LogP contribution in [-0.4, -0.2) is 0 Å². The molecule has 3 spiro atoms. The van der Waals surface area contributed by atoms with Gasteiger partial charge in [-0.1, -0.05) is 286 Å². The highest BCUT2D eigenvalue weighted by Crippen LogP contribution is 2.71. The van der Waals surface area contributed by atoms with Crippen molar-refractivity contribution in [2.45, 2.75) is 291 Å². The maximum Gasteiger partial charge on any atom is 0.0720 e. The van der Waals surface area contributed by atoms with Gasteiger partial charge in [-0.25, -0.2) is 0 Å². The Morgan fingerprint density at radius 2 is 0.626 bits per heavy atom. The van der Waals surface area contributed by atoms with E-state index < -0.39 is 0 Å². The molecular formula is C110H133N5. The van der Waals surface area contributed by atoms with E-state index in [0.29, 0.717) is 36.1 Å². The highest BCUT2D eigenvalue weighted by atomic mass is 15.3. The molecule has 598 valence electrons. The number of rotatable bonds is 5. The Kier molecular flexibility index (Phi) is 20.3. The molecule has 6 aliphatic heterocycles. The number of aryl methyl sites for hydroxylation is 5. The molecular weight excluding hydrogens is 1390 g/mol. The van der Waals surface area contributed by atoms with Crippen molar-refractivity contribution in [1.82, 2.24) is 0 Å². The van der Waals surface area contributed by atoms with Gasteiger partial charge in [-0.05, 0) is 296 Å². The fourth-order valence-electron chi connectivity index (χ4n) is 26.9. The molecule has 0 saturated heterocycles. The first-order valence-electron chi connectivity index (χ1n) is 45.0. The molecule has 115 heavy (non-hydrogen) atoms. The average Bonchev–Trinajstić information content (AvgIpc) is 1.62. The number of fused-ring (bicyclic) bond motifs is 11. The number of hydrogen-bond donors (Lipinski definition) is 0. The molecule has 6 fully saturated rings. The Morgan fingerprint density at radius 1 is 0.296 bits per heavy atom. The van der Waals surface area contributed by atoms with Gasteiger partial charge in [0.1, 0.15) is 0 Å². The molecule has 6 atom stereocenters. The minimum atomic E-state index is -0.00831. The Morgan fingerprint density at radius 3 is 1.09 bits per heavy atom. The van der Waals surface area contributed by atoms with Gasteiger partial charge in [-0.2, -0.15) is 0 Å². The van der Waals surface area contributed by atoms with Crippen molar-refractivity contribution in [2.75, 3.05) is 24.5 Å². The van der Waals surface area contributed by atoms with E-state index >= 15 is 0 Å². The first-order chi connectivity index (χ1) is 55.2. The third-order valence-electron chi connectivity index (χ3n) is 32.7. The van der Waals surface area contributed by atoms with Crippen LogP contribution in [-0.2, 0) is 33.1 Å². The molecule has 4 bridgehead atoms. The molecule has 6 unspecified atom stereocenters. The number of para-hydroxylation sites is 5. The zero-order valence-corrected chi connectivity index (χ0v) is 73.3. The Balaban J connectivity index is 0.000000104. The largest absolute Gasteiger partial charge is 0.355 e. The average molecular weight is 1530 g/mol. The van der Waals surface area contributed by atoms with Crippen molar-refractivity contribution in [3.8, 4) is 0 Å². The molecule has 0 N–H and O–H groups in total. The van der Waals surface area contributed by atoms with Gasteiger partial charge >= 0.3 is 0 Å². The van der Waals surface area contributed by atoms with Gasteiger partial charge in [-0.15, -0.1) is 0 Å². The predicted octanol–water partition coefficient (Wildman–Crippen LogP) is 29.4. The second-order valence-corrected chi connectivity index (χ2v) is 39.5. The molecule has 0 aromatic heterocycles. The zero-order valence-electron chi connectivity index (χ0n) is 73.3. The molecule has 5 heteroatoms. The van der Waals surface area contributed by atoms with Crippen LogP contribution in [0.1, 0.15) is 318 Å². The molecule has 22 rings (SSSR count). The summed E-state index contributed by atoms with van der Waals surface area (Å²) in [6, 6.07) is 88.4. The van der Waals surface area contributed by atoms with Gasteiger partial charge in [0.15, 0.2) is 0 Å². The highest BCUT2D eigenvalue weighted by molar-refractivity contribution is 5.74.